The Bertz CT molecular complexity index is 623. The van der Waals surface area contributed by atoms with Crippen molar-refractivity contribution in [3.8, 4) is 11.5 Å². The summed E-state index contributed by atoms with van der Waals surface area (Å²) in [7, 11) is 0. The number of para-hydroxylation sites is 2. The summed E-state index contributed by atoms with van der Waals surface area (Å²) >= 11 is 0. The zero-order chi connectivity index (χ0) is 19.9. The fourth-order valence-corrected chi connectivity index (χ4v) is 3.35. The first kappa shape index (κ1) is 21.2. The maximum atomic E-state index is 5.08. The van der Waals surface area contributed by atoms with Crippen LogP contribution in [0.1, 0.15) is 53.9 Å². The molecule has 1 aromatic rings. The minimum absolute atomic E-state index is 0.329. The van der Waals surface area contributed by atoms with Gasteiger partial charge in [-0.1, -0.05) is 58.9 Å². The third-order valence-corrected chi connectivity index (χ3v) is 4.75. The lowest BCUT2D eigenvalue weighted by Gasteiger charge is -2.42. The van der Waals surface area contributed by atoms with Crippen LogP contribution in [0.3, 0.4) is 0 Å². The van der Waals surface area contributed by atoms with Crippen LogP contribution in [0.25, 0.3) is 0 Å². The predicted octanol–water partition coefficient (Wildman–Crippen LogP) is 5.33. The summed E-state index contributed by atoms with van der Waals surface area (Å²) in [5.74, 6) is 1.69. The number of rotatable bonds is 4. The molecule has 27 heavy (non-hydrogen) atoms. The molecule has 0 bridgehead atoms. The number of hydrogen-bond donors (Lipinski definition) is 1. The van der Waals surface area contributed by atoms with Crippen molar-refractivity contribution in [1.29, 1.82) is 0 Å². The largest absolute Gasteiger partial charge is 0.454 e. The Labute approximate surface area is 165 Å². The van der Waals surface area contributed by atoms with Crippen LogP contribution in [0.15, 0.2) is 48.3 Å². The van der Waals surface area contributed by atoms with Crippen LogP contribution in [-0.2, 0) is 0 Å². The van der Waals surface area contributed by atoms with Gasteiger partial charge >= 0.3 is 0 Å². The Kier molecular flexibility index (Phi) is 7.64. The van der Waals surface area contributed by atoms with Gasteiger partial charge in [0, 0.05) is 24.5 Å². The number of fused-ring (bicyclic) bond motifs is 1. The van der Waals surface area contributed by atoms with E-state index in [4.69, 9.17) is 9.47 Å². The van der Waals surface area contributed by atoms with Crippen molar-refractivity contribution in [1.82, 2.24) is 10.2 Å². The predicted molar refractivity (Wildman–Crippen MR) is 113 cm³/mol. The minimum atomic E-state index is 0.329. The van der Waals surface area contributed by atoms with Crippen molar-refractivity contribution in [2.75, 3.05) is 19.9 Å². The first-order chi connectivity index (χ1) is 12.8. The highest BCUT2D eigenvalue weighted by Gasteiger charge is 2.29. The summed E-state index contributed by atoms with van der Waals surface area (Å²) in [4.78, 5) is 2.53. The molecule has 0 amide bonds. The second-order valence-corrected chi connectivity index (χ2v) is 8.41. The van der Waals surface area contributed by atoms with E-state index in [0.29, 0.717) is 18.2 Å². The van der Waals surface area contributed by atoms with Crippen molar-refractivity contribution in [2.24, 2.45) is 5.41 Å². The van der Waals surface area contributed by atoms with E-state index in [1.54, 1.807) is 0 Å². The number of nitrogens with zero attached hydrogens (tertiary/aromatic N) is 1. The molecule has 2 aliphatic rings. The Morgan fingerprint density at radius 1 is 1.26 bits per heavy atom. The first-order valence-electron chi connectivity index (χ1n) is 10.0. The fourth-order valence-electron chi connectivity index (χ4n) is 3.35. The maximum absolute atomic E-state index is 5.08. The second kappa shape index (κ2) is 9.72. The first-order valence-corrected chi connectivity index (χ1v) is 10.0. The number of unbranched alkanes of at least 4 members (excludes halogenated alkanes) is 1. The number of allylic oxidation sites excluding steroid dienone is 2. The van der Waals surface area contributed by atoms with Crippen molar-refractivity contribution >= 4 is 0 Å². The molecular weight excluding hydrogens is 336 g/mol. The van der Waals surface area contributed by atoms with Crippen LogP contribution < -0.4 is 14.8 Å². The average molecular weight is 373 g/mol. The molecule has 0 radical (unpaired) electrons. The van der Waals surface area contributed by atoms with E-state index in [1.165, 1.54) is 24.2 Å². The molecular formula is C23H36N2O2. The lowest BCUT2D eigenvalue weighted by molar-refractivity contribution is 0.174. The Morgan fingerprint density at radius 3 is 2.44 bits per heavy atom. The maximum Gasteiger partial charge on any atom is 0.231 e. The lowest BCUT2D eigenvalue weighted by atomic mass is 9.85. The molecule has 0 spiro atoms. The normalized spacial score (nSPS) is 19.3. The number of nitrogens with one attached hydrogen (secondary N) is 1. The molecule has 1 N–H and O–H groups in total. The molecule has 1 fully saturated rings. The summed E-state index contributed by atoms with van der Waals surface area (Å²) < 4.78 is 10.2. The second-order valence-electron chi connectivity index (χ2n) is 8.41. The van der Waals surface area contributed by atoms with E-state index in [9.17, 15) is 0 Å². The number of piperazine rings is 1. The van der Waals surface area contributed by atoms with Gasteiger partial charge < -0.3 is 19.7 Å². The lowest BCUT2D eigenvalue weighted by Crippen LogP contribution is -2.49. The van der Waals surface area contributed by atoms with Gasteiger partial charge in [0.2, 0.25) is 6.79 Å². The van der Waals surface area contributed by atoms with E-state index >= 15 is 0 Å². The topological polar surface area (TPSA) is 33.7 Å². The van der Waals surface area contributed by atoms with Crippen LogP contribution in [0.5, 0.6) is 11.5 Å². The monoisotopic (exact) mass is 372 g/mol. The molecule has 0 aromatic heterocycles. The fraction of sp³-hybridized carbons (Fsp3) is 0.565. The van der Waals surface area contributed by atoms with Gasteiger partial charge in [-0.15, -0.1) is 0 Å². The van der Waals surface area contributed by atoms with Crippen LogP contribution in [0, 0.1) is 5.41 Å². The highest BCUT2D eigenvalue weighted by atomic mass is 16.7. The number of hydrogen-bond acceptors (Lipinski definition) is 4. The van der Waals surface area contributed by atoms with E-state index < -0.39 is 0 Å². The van der Waals surface area contributed by atoms with Gasteiger partial charge in [-0.3, -0.25) is 0 Å². The van der Waals surface area contributed by atoms with Crippen molar-refractivity contribution in [3.05, 3.63) is 48.3 Å². The third kappa shape index (κ3) is 6.53. The SMILES string of the molecule is C=C1NCCN(C(C)=CCCC)C1CC(C)(C)C.c1ccc2c(c1)OCO2. The van der Waals surface area contributed by atoms with Crippen molar-refractivity contribution in [2.45, 2.75) is 59.9 Å². The Morgan fingerprint density at radius 2 is 1.89 bits per heavy atom. The molecule has 0 saturated carbocycles. The molecule has 1 atom stereocenters. The van der Waals surface area contributed by atoms with Crippen molar-refractivity contribution < 1.29 is 9.47 Å². The highest BCUT2D eigenvalue weighted by molar-refractivity contribution is 5.40. The highest BCUT2D eigenvalue weighted by Crippen LogP contribution is 2.31. The van der Waals surface area contributed by atoms with Gasteiger partial charge in [-0.25, -0.2) is 0 Å². The van der Waals surface area contributed by atoms with Crippen LogP contribution >= 0.6 is 0 Å². The third-order valence-electron chi connectivity index (χ3n) is 4.75. The summed E-state index contributed by atoms with van der Waals surface area (Å²) in [5, 5.41) is 3.43. The van der Waals surface area contributed by atoms with Crippen LogP contribution in [0.2, 0.25) is 0 Å². The summed E-state index contributed by atoms with van der Waals surface area (Å²) in [6.07, 6.45) is 5.91. The van der Waals surface area contributed by atoms with Gasteiger partial charge in [0.15, 0.2) is 11.5 Å². The molecule has 2 heterocycles. The molecule has 1 saturated heterocycles. The van der Waals surface area contributed by atoms with E-state index in [1.807, 2.05) is 24.3 Å². The minimum Gasteiger partial charge on any atom is -0.454 e. The Hall–Kier alpha value is -2.10. The van der Waals surface area contributed by atoms with E-state index in [2.05, 4.69) is 57.5 Å². The zero-order valence-electron chi connectivity index (χ0n) is 17.7. The summed E-state index contributed by atoms with van der Waals surface area (Å²) in [6.45, 7) is 18.1. The standard InChI is InChI=1S/C16H30N2.C7H6O2/c1-7-8-9-13(2)18-11-10-17-14(3)15(18)12-16(4,5)6;1-2-4-7-6(3-1)8-5-9-7/h9,15,17H,3,7-8,10-12H2,1-2,4-6H3;1-4H,5H2. The number of ether oxygens (including phenoxy) is 2. The van der Waals surface area contributed by atoms with E-state index in [-0.39, 0.29) is 0 Å². The molecule has 4 heteroatoms. The molecule has 1 aromatic carbocycles. The summed E-state index contributed by atoms with van der Waals surface area (Å²) in [5.41, 5.74) is 2.92. The van der Waals surface area contributed by atoms with Gasteiger partial charge in [0.1, 0.15) is 0 Å². The molecule has 0 aliphatic carbocycles. The number of benzene rings is 1. The molecule has 3 rings (SSSR count). The zero-order valence-corrected chi connectivity index (χ0v) is 17.7. The average Bonchev–Trinajstić information content (AvgIpc) is 3.09. The van der Waals surface area contributed by atoms with Gasteiger partial charge in [-0.2, -0.15) is 0 Å². The molecule has 1 unspecified atom stereocenters. The smallest absolute Gasteiger partial charge is 0.231 e. The quantitative estimate of drug-likeness (QED) is 0.774. The van der Waals surface area contributed by atoms with Crippen molar-refractivity contribution in [3.63, 3.8) is 0 Å². The van der Waals surface area contributed by atoms with Crippen LogP contribution in [-0.4, -0.2) is 30.8 Å². The molecule has 2 aliphatic heterocycles. The molecule has 150 valence electrons. The Balaban J connectivity index is 0.000000239. The van der Waals surface area contributed by atoms with E-state index in [0.717, 1.165) is 31.0 Å². The van der Waals surface area contributed by atoms with Gasteiger partial charge in [0.05, 0.1) is 6.04 Å². The van der Waals surface area contributed by atoms with Gasteiger partial charge in [0.25, 0.3) is 0 Å². The van der Waals surface area contributed by atoms with Crippen LogP contribution in [0.4, 0.5) is 0 Å². The van der Waals surface area contributed by atoms with Gasteiger partial charge in [-0.05, 0) is 37.3 Å². The summed E-state index contributed by atoms with van der Waals surface area (Å²) in [6, 6.07) is 8.07. The molecule has 4 nitrogen and oxygen atoms in total.